The molecular formula is C19H13N3O4S. The van der Waals surface area contributed by atoms with Crippen molar-refractivity contribution >= 4 is 34.5 Å². The van der Waals surface area contributed by atoms with E-state index >= 15 is 0 Å². The summed E-state index contributed by atoms with van der Waals surface area (Å²) in [6.45, 7) is 0. The van der Waals surface area contributed by atoms with E-state index < -0.39 is 0 Å². The molecule has 3 aromatic heterocycles. The van der Waals surface area contributed by atoms with E-state index in [4.69, 9.17) is 8.94 Å². The minimum absolute atomic E-state index is 0.189. The minimum Gasteiger partial charge on any atom is -0.459 e. The second-order valence-corrected chi connectivity index (χ2v) is 6.46. The lowest BCUT2D eigenvalue weighted by atomic mass is 10.2. The number of rotatable bonds is 5. The number of hydrogen-bond acceptors (Lipinski definition) is 6. The van der Waals surface area contributed by atoms with Gasteiger partial charge >= 0.3 is 0 Å². The van der Waals surface area contributed by atoms with Crippen LogP contribution in [0.25, 0.3) is 10.6 Å². The zero-order valence-corrected chi connectivity index (χ0v) is 14.7. The molecule has 4 rings (SSSR count). The van der Waals surface area contributed by atoms with Gasteiger partial charge in [-0.2, -0.15) is 0 Å². The van der Waals surface area contributed by atoms with Gasteiger partial charge in [0.15, 0.2) is 17.2 Å². The molecule has 134 valence electrons. The van der Waals surface area contributed by atoms with E-state index in [9.17, 15) is 9.59 Å². The lowest BCUT2D eigenvalue weighted by Gasteiger charge is -2.06. The second kappa shape index (κ2) is 7.30. The van der Waals surface area contributed by atoms with Crippen molar-refractivity contribution in [2.45, 2.75) is 0 Å². The maximum absolute atomic E-state index is 12.3. The summed E-state index contributed by atoms with van der Waals surface area (Å²) in [7, 11) is 0. The van der Waals surface area contributed by atoms with Gasteiger partial charge in [0, 0.05) is 17.4 Å². The molecule has 1 aromatic carbocycles. The third-order valence-corrected chi connectivity index (χ3v) is 4.54. The molecule has 4 aromatic rings. The predicted molar refractivity (Wildman–Crippen MR) is 101 cm³/mol. The Labute approximate surface area is 157 Å². The third kappa shape index (κ3) is 3.80. The monoisotopic (exact) mass is 379 g/mol. The number of carbonyl (C=O) groups is 2. The Morgan fingerprint density at radius 1 is 0.926 bits per heavy atom. The van der Waals surface area contributed by atoms with E-state index in [1.807, 2.05) is 17.5 Å². The predicted octanol–water partition coefficient (Wildman–Crippen LogP) is 4.50. The first kappa shape index (κ1) is 16.8. The number of nitrogens with one attached hydrogen (secondary N) is 2. The normalized spacial score (nSPS) is 10.5. The number of benzene rings is 1. The number of aromatic nitrogens is 1. The van der Waals surface area contributed by atoms with Gasteiger partial charge in [0.25, 0.3) is 11.8 Å². The molecule has 0 atom stereocenters. The van der Waals surface area contributed by atoms with Gasteiger partial charge < -0.3 is 19.6 Å². The van der Waals surface area contributed by atoms with Crippen molar-refractivity contribution in [1.29, 1.82) is 0 Å². The molecule has 7 nitrogen and oxygen atoms in total. The van der Waals surface area contributed by atoms with E-state index in [2.05, 4.69) is 15.8 Å². The number of nitrogens with zero attached hydrogens (tertiary/aromatic N) is 1. The van der Waals surface area contributed by atoms with Gasteiger partial charge in [-0.3, -0.25) is 9.59 Å². The van der Waals surface area contributed by atoms with Crippen LogP contribution in [0, 0.1) is 0 Å². The molecule has 3 heterocycles. The molecule has 0 unspecified atom stereocenters. The number of furan rings is 1. The zero-order chi connectivity index (χ0) is 18.6. The van der Waals surface area contributed by atoms with Crippen molar-refractivity contribution in [3.63, 3.8) is 0 Å². The second-order valence-electron chi connectivity index (χ2n) is 5.52. The average Bonchev–Trinajstić information content (AvgIpc) is 3.43. The van der Waals surface area contributed by atoms with Crippen molar-refractivity contribution < 1.29 is 18.5 Å². The fraction of sp³-hybridized carbons (Fsp3) is 0. The molecule has 0 fully saturated rings. The Morgan fingerprint density at radius 2 is 1.67 bits per heavy atom. The van der Waals surface area contributed by atoms with E-state index in [0.29, 0.717) is 17.1 Å². The summed E-state index contributed by atoms with van der Waals surface area (Å²) in [4.78, 5) is 25.1. The maximum Gasteiger partial charge on any atom is 0.291 e. The highest BCUT2D eigenvalue weighted by Crippen LogP contribution is 2.25. The summed E-state index contributed by atoms with van der Waals surface area (Å²) < 4.78 is 10.2. The molecule has 0 saturated carbocycles. The van der Waals surface area contributed by atoms with Gasteiger partial charge in [0.2, 0.25) is 0 Å². The van der Waals surface area contributed by atoms with Crippen LogP contribution in [0.3, 0.4) is 0 Å². The largest absolute Gasteiger partial charge is 0.459 e. The van der Waals surface area contributed by atoms with Crippen LogP contribution >= 0.6 is 11.3 Å². The van der Waals surface area contributed by atoms with Crippen LogP contribution in [0.15, 0.2) is 75.2 Å². The highest BCUT2D eigenvalue weighted by atomic mass is 32.1. The molecule has 0 spiro atoms. The van der Waals surface area contributed by atoms with Crippen molar-refractivity contribution in [2.24, 2.45) is 0 Å². The van der Waals surface area contributed by atoms with Crippen molar-refractivity contribution in [3.8, 4) is 10.6 Å². The van der Waals surface area contributed by atoms with Crippen LogP contribution in [0.5, 0.6) is 0 Å². The smallest absolute Gasteiger partial charge is 0.291 e. The molecule has 0 saturated heterocycles. The molecule has 2 N–H and O–H groups in total. The summed E-state index contributed by atoms with van der Waals surface area (Å²) in [6, 6.07) is 15.3. The lowest BCUT2D eigenvalue weighted by Crippen LogP contribution is -2.13. The average molecular weight is 379 g/mol. The minimum atomic E-state index is -0.381. The highest BCUT2D eigenvalue weighted by Gasteiger charge is 2.15. The number of thiophene rings is 1. The summed E-state index contributed by atoms with van der Waals surface area (Å²) in [5.74, 6) is 0.0421. The molecule has 27 heavy (non-hydrogen) atoms. The summed E-state index contributed by atoms with van der Waals surface area (Å²) >= 11 is 1.50. The topological polar surface area (TPSA) is 97.4 Å². The Morgan fingerprint density at radius 3 is 2.30 bits per heavy atom. The van der Waals surface area contributed by atoms with Gasteiger partial charge in [-0.05, 0) is 47.8 Å². The Balaban J connectivity index is 1.39. The van der Waals surface area contributed by atoms with E-state index in [1.165, 1.54) is 17.6 Å². The summed E-state index contributed by atoms with van der Waals surface area (Å²) in [5.41, 5.74) is 1.33. The lowest BCUT2D eigenvalue weighted by molar-refractivity contribution is 0.0993. The number of amides is 2. The van der Waals surface area contributed by atoms with Crippen molar-refractivity contribution in [2.75, 3.05) is 10.6 Å². The molecule has 0 aliphatic carbocycles. The van der Waals surface area contributed by atoms with Crippen LogP contribution < -0.4 is 10.6 Å². The van der Waals surface area contributed by atoms with Gasteiger partial charge in [0.1, 0.15) is 0 Å². The van der Waals surface area contributed by atoms with Crippen LogP contribution in [0.1, 0.15) is 21.0 Å². The molecule has 2 amide bonds. The Hall–Kier alpha value is -3.65. The summed E-state index contributed by atoms with van der Waals surface area (Å²) in [6.07, 6.45) is 1.43. The van der Waals surface area contributed by atoms with E-state index in [1.54, 1.807) is 42.5 Å². The van der Waals surface area contributed by atoms with Gasteiger partial charge in [-0.15, -0.1) is 11.3 Å². The Kier molecular flexibility index (Phi) is 4.54. The molecular weight excluding hydrogens is 366 g/mol. The molecule has 0 aliphatic heterocycles. The van der Waals surface area contributed by atoms with Gasteiger partial charge in [-0.25, -0.2) is 0 Å². The first-order valence-corrected chi connectivity index (χ1v) is 8.84. The van der Waals surface area contributed by atoms with Crippen LogP contribution in [-0.2, 0) is 0 Å². The molecule has 0 aliphatic rings. The summed E-state index contributed by atoms with van der Waals surface area (Å²) in [5, 5.41) is 11.2. The van der Waals surface area contributed by atoms with Crippen LogP contribution in [0.4, 0.5) is 11.4 Å². The SMILES string of the molecule is O=C(Nc1ccc(NC(=O)c2ccco2)cc1)c1cc(-c2cccs2)on1. The van der Waals surface area contributed by atoms with Gasteiger partial charge in [0.05, 0.1) is 11.1 Å². The third-order valence-electron chi connectivity index (χ3n) is 3.65. The van der Waals surface area contributed by atoms with Crippen LogP contribution in [-0.4, -0.2) is 17.0 Å². The number of hydrogen-bond donors (Lipinski definition) is 2. The Bertz CT molecular complexity index is 1050. The van der Waals surface area contributed by atoms with Crippen molar-refractivity contribution in [3.05, 3.63) is 77.7 Å². The zero-order valence-electron chi connectivity index (χ0n) is 13.8. The molecule has 0 radical (unpaired) electrons. The van der Waals surface area contributed by atoms with E-state index in [0.717, 1.165) is 4.88 Å². The quantitative estimate of drug-likeness (QED) is 0.532. The standard InChI is InChI=1S/C19H13N3O4S/c23-18(14-11-16(26-22-14)17-4-2-10-27-17)20-12-5-7-13(8-6-12)21-19(24)15-3-1-9-25-15/h1-11H,(H,20,23)(H,21,24). The fourth-order valence-corrected chi connectivity index (χ4v) is 3.02. The number of carbonyl (C=O) groups excluding carboxylic acids is 2. The first-order valence-electron chi connectivity index (χ1n) is 7.96. The van der Waals surface area contributed by atoms with Crippen molar-refractivity contribution in [1.82, 2.24) is 5.16 Å². The van der Waals surface area contributed by atoms with E-state index in [-0.39, 0.29) is 23.3 Å². The fourth-order valence-electron chi connectivity index (χ4n) is 2.35. The highest BCUT2D eigenvalue weighted by molar-refractivity contribution is 7.13. The van der Waals surface area contributed by atoms with Crippen LogP contribution in [0.2, 0.25) is 0 Å². The maximum atomic E-state index is 12.3. The molecule has 8 heteroatoms. The number of anilines is 2. The van der Waals surface area contributed by atoms with Gasteiger partial charge in [-0.1, -0.05) is 11.2 Å². The first-order chi connectivity index (χ1) is 13.2. The molecule has 0 bridgehead atoms.